The summed E-state index contributed by atoms with van der Waals surface area (Å²) in [5.74, 6) is -1.32. The zero-order chi connectivity index (χ0) is 14.4. The number of carbonyl (C=O) groups excluding carboxylic acids is 1. The van der Waals surface area contributed by atoms with Gasteiger partial charge in [-0.2, -0.15) is 0 Å². The normalized spacial score (nSPS) is 12.4. The van der Waals surface area contributed by atoms with Gasteiger partial charge in [-0.15, -0.1) is 11.3 Å². The van der Waals surface area contributed by atoms with Crippen molar-refractivity contribution in [3.05, 3.63) is 16.1 Å². The second kappa shape index (κ2) is 7.23. The molecule has 5 nitrogen and oxygen atoms in total. The summed E-state index contributed by atoms with van der Waals surface area (Å²) in [5.41, 5.74) is 0.996. The average molecular weight is 284 g/mol. The Morgan fingerprint density at radius 3 is 2.63 bits per heavy atom. The van der Waals surface area contributed by atoms with Crippen LogP contribution in [0.4, 0.5) is 0 Å². The first-order valence-corrected chi connectivity index (χ1v) is 7.21. The molecule has 1 rings (SSSR count). The molecule has 0 radical (unpaired) electrons. The van der Waals surface area contributed by atoms with Crippen LogP contribution in [0.15, 0.2) is 5.38 Å². The van der Waals surface area contributed by atoms with Crippen molar-refractivity contribution in [1.29, 1.82) is 0 Å². The molecule has 0 fully saturated rings. The minimum Gasteiger partial charge on any atom is -0.480 e. The highest BCUT2D eigenvalue weighted by molar-refractivity contribution is 7.09. The smallest absolute Gasteiger partial charge is 0.326 e. The number of nitrogens with zero attached hydrogens (tertiary/aromatic N) is 1. The number of carboxylic acid groups (broad SMARTS) is 1. The lowest BCUT2D eigenvalue weighted by Crippen LogP contribution is -2.44. The first-order chi connectivity index (χ1) is 8.90. The van der Waals surface area contributed by atoms with Crippen molar-refractivity contribution >= 4 is 23.2 Å². The van der Waals surface area contributed by atoms with Crippen molar-refractivity contribution in [3.8, 4) is 0 Å². The minimum atomic E-state index is -0.987. The second-order valence-electron chi connectivity index (χ2n) is 4.86. The predicted molar refractivity (Wildman–Crippen MR) is 74.2 cm³/mol. The van der Waals surface area contributed by atoms with Crippen LogP contribution in [0.2, 0.25) is 0 Å². The molecule has 1 heterocycles. The van der Waals surface area contributed by atoms with Gasteiger partial charge in [0.1, 0.15) is 6.04 Å². The summed E-state index contributed by atoms with van der Waals surface area (Å²) in [6.07, 6.45) is 1.77. The van der Waals surface area contributed by atoms with Crippen LogP contribution in [-0.4, -0.2) is 28.0 Å². The highest BCUT2D eigenvalue weighted by atomic mass is 32.1. The van der Waals surface area contributed by atoms with Gasteiger partial charge >= 0.3 is 5.97 Å². The number of thiazole rings is 1. The van der Waals surface area contributed by atoms with Crippen molar-refractivity contribution in [1.82, 2.24) is 10.3 Å². The molecule has 1 aromatic rings. The van der Waals surface area contributed by atoms with Gasteiger partial charge < -0.3 is 10.4 Å². The fourth-order valence-corrected chi connectivity index (χ4v) is 2.50. The van der Waals surface area contributed by atoms with Crippen molar-refractivity contribution in [3.63, 3.8) is 0 Å². The molecule has 0 aliphatic rings. The summed E-state index contributed by atoms with van der Waals surface area (Å²) < 4.78 is 0. The van der Waals surface area contributed by atoms with Gasteiger partial charge in [0.2, 0.25) is 5.91 Å². The van der Waals surface area contributed by atoms with Gasteiger partial charge in [0, 0.05) is 17.5 Å². The molecule has 0 saturated carbocycles. The molecule has 106 valence electrons. The van der Waals surface area contributed by atoms with E-state index in [1.807, 2.05) is 12.3 Å². The topological polar surface area (TPSA) is 79.3 Å². The third-order valence-corrected chi connectivity index (χ3v) is 3.74. The van der Waals surface area contributed by atoms with Gasteiger partial charge in [-0.25, -0.2) is 9.78 Å². The third kappa shape index (κ3) is 5.38. The van der Waals surface area contributed by atoms with Crippen molar-refractivity contribution in [2.24, 2.45) is 5.92 Å². The number of nitrogens with one attached hydrogen (secondary N) is 1. The number of aromatic nitrogens is 1. The van der Waals surface area contributed by atoms with Crippen molar-refractivity contribution in [2.45, 2.75) is 46.1 Å². The van der Waals surface area contributed by atoms with Gasteiger partial charge in [-0.05, 0) is 25.7 Å². The van der Waals surface area contributed by atoms with Gasteiger partial charge in [0.25, 0.3) is 0 Å². The molecule has 0 aliphatic heterocycles. The van der Waals surface area contributed by atoms with E-state index < -0.39 is 12.0 Å². The van der Waals surface area contributed by atoms with E-state index in [0.717, 1.165) is 17.1 Å². The fourth-order valence-electron chi connectivity index (χ4n) is 1.68. The Morgan fingerprint density at radius 1 is 1.47 bits per heavy atom. The third-order valence-electron chi connectivity index (χ3n) is 2.71. The van der Waals surface area contributed by atoms with E-state index >= 15 is 0 Å². The zero-order valence-corrected chi connectivity index (χ0v) is 12.3. The monoisotopic (exact) mass is 284 g/mol. The molecule has 6 heteroatoms. The number of carbonyl (C=O) groups is 2. The Hall–Kier alpha value is -1.43. The quantitative estimate of drug-likeness (QED) is 0.802. The Balaban J connectivity index is 2.33. The SMILES string of the molecule is Cc1csc(CCCC(=O)N[C@@H](C(=O)O)C(C)C)n1. The molecule has 2 N–H and O–H groups in total. The Kier molecular flexibility index (Phi) is 5.95. The summed E-state index contributed by atoms with van der Waals surface area (Å²) in [7, 11) is 0. The molecule has 0 spiro atoms. The lowest BCUT2D eigenvalue weighted by Gasteiger charge is -2.17. The maximum absolute atomic E-state index is 11.7. The highest BCUT2D eigenvalue weighted by Crippen LogP contribution is 2.12. The number of aryl methyl sites for hydroxylation is 2. The van der Waals surface area contributed by atoms with E-state index in [9.17, 15) is 9.59 Å². The molecule has 19 heavy (non-hydrogen) atoms. The number of aliphatic carboxylic acids is 1. The van der Waals surface area contributed by atoms with E-state index in [1.165, 1.54) is 0 Å². The second-order valence-corrected chi connectivity index (χ2v) is 5.81. The van der Waals surface area contributed by atoms with E-state index in [1.54, 1.807) is 25.2 Å². The van der Waals surface area contributed by atoms with Crippen LogP contribution in [0, 0.1) is 12.8 Å². The first-order valence-electron chi connectivity index (χ1n) is 6.33. The molecular weight excluding hydrogens is 264 g/mol. The van der Waals surface area contributed by atoms with Crippen LogP contribution in [0.5, 0.6) is 0 Å². The lowest BCUT2D eigenvalue weighted by molar-refractivity contribution is -0.143. The maximum atomic E-state index is 11.7. The van der Waals surface area contributed by atoms with Crippen LogP contribution in [0.1, 0.15) is 37.4 Å². The van der Waals surface area contributed by atoms with Crippen LogP contribution in [0.25, 0.3) is 0 Å². The summed E-state index contributed by atoms with van der Waals surface area (Å²) >= 11 is 1.59. The van der Waals surface area contributed by atoms with E-state index in [-0.39, 0.29) is 11.8 Å². The number of hydrogen-bond donors (Lipinski definition) is 2. The van der Waals surface area contributed by atoms with Crippen molar-refractivity contribution in [2.75, 3.05) is 0 Å². The lowest BCUT2D eigenvalue weighted by atomic mass is 10.0. The van der Waals surface area contributed by atoms with Gasteiger partial charge in [-0.1, -0.05) is 13.8 Å². The van der Waals surface area contributed by atoms with Crippen LogP contribution in [-0.2, 0) is 16.0 Å². The summed E-state index contributed by atoms with van der Waals surface area (Å²) in [4.78, 5) is 26.9. The van der Waals surface area contributed by atoms with E-state index in [0.29, 0.717) is 12.8 Å². The highest BCUT2D eigenvalue weighted by Gasteiger charge is 2.22. The maximum Gasteiger partial charge on any atom is 0.326 e. The Bertz CT molecular complexity index is 443. The molecule has 1 atom stereocenters. The van der Waals surface area contributed by atoms with E-state index in [2.05, 4.69) is 10.3 Å². The van der Waals surface area contributed by atoms with Gasteiger partial charge in [0.05, 0.1) is 5.01 Å². The molecule has 1 aromatic heterocycles. The average Bonchev–Trinajstić information content (AvgIpc) is 2.71. The van der Waals surface area contributed by atoms with Crippen molar-refractivity contribution < 1.29 is 14.7 Å². The molecule has 0 aliphatic carbocycles. The van der Waals surface area contributed by atoms with Gasteiger partial charge in [-0.3, -0.25) is 4.79 Å². The standard InChI is InChI=1S/C13H20N2O3S/c1-8(2)12(13(17)18)15-10(16)5-4-6-11-14-9(3)7-19-11/h7-8,12H,4-6H2,1-3H3,(H,15,16)(H,17,18)/t12-/m1/s1. The first kappa shape index (κ1) is 15.6. The molecule has 1 amide bonds. The minimum absolute atomic E-state index is 0.122. The molecule has 0 saturated heterocycles. The van der Waals surface area contributed by atoms with Gasteiger partial charge in [0.15, 0.2) is 0 Å². The van der Waals surface area contributed by atoms with E-state index in [4.69, 9.17) is 5.11 Å². The summed E-state index contributed by atoms with van der Waals surface area (Å²) in [6.45, 7) is 5.49. The fraction of sp³-hybridized carbons (Fsp3) is 0.615. The zero-order valence-electron chi connectivity index (χ0n) is 11.5. The molecule has 0 unspecified atom stereocenters. The largest absolute Gasteiger partial charge is 0.480 e. The molecule has 0 bridgehead atoms. The van der Waals surface area contributed by atoms with Crippen LogP contribution >= 0.6 is 11.3 Å². The van der Waals surface area contributed by atoms with Crippen LogP contribution < -0.4 is 5.32 Å². The molecular formula is C13H20N2O3S. The number of carboxylic acids is 1. The number of amides is 1. The van der Waals surface area contributed by atoms with Crippen LogP contribution in [0.3, 0.4) is 0 Å². The summed E-state index contributed by atoms with van der Waals surface area (Å²) in [5, 5.41) is 14.5. The Labute approximate surface area is 117 Å². The number of hydrogen-bond acceptors (Lipinski definition) is 4. The molecule has 0 aromatic carbocycles. The predicted octanol–water partition coefficient (Wildman–Crippen LogP) is 2.00. The number of rotatable bonds is 7. The summed E-state index contributed by atoms with van der Waals surface area (Å²) in [6, 6.07) is -0.811. The Morgan fingerprint density at radius 2 is 2.16 bits per heavy atom.